The third-order valence-electron chi connectivity index (χ3n) is 4.00. The van der Waals surface area contributed by atoms with E-state index in [1.165, 1.54) is 12.3 Å². The van der Waals surface area contributed by atoms with Gasteiger partial charge in [-0.3, -0.25) is 9.59 Å². The molecule has 2 amide bonds. The molecule has 4 rings (SSSR count). The van der Waals surface area contributed by atoms with E-state index in [2.05, 4.69) is 10.5 Å². The summed E-state index contributed by atoms with van der Waals surface area (Å²) in [5.41, 5.74) is 1.51. The van der Waals surface area contributed by atoms with Crippen LogP contribution in [0.3, 0.4) is 0 Å². The number of carbonyl (C=O) groups is 2. The molecule has 0 saturated carbocycles. The molecule has 0 bridgehead atoms. The van der Waals surface area contributed by atoms with Gasteiger partial charge in [-0.05, 0) is 36.8 Å². The highest BCUT2D eigenvalue weighted by molar-refractivity contribution is 6.04. The van der Waals surface area contributed by atoms with Crippen molar-refractivity contribution in [3.05, 3.63) is 54.4 Å². The predicted molar refractivity (Wildman–Crippen MR) is 90.2 cm³/mol. The molecule has 0 atom stereocenters. The van der Waals surface area contributed by atoms with Crippen LogP contribution in [-0.4, -0.2) is 23.5 Å². The maximum atomic E-state index is 12.3. The van der Waals surface area contributed by atoms with Gasteiger partial charge in [0.1, 0.15) is 0 Å². The van der Waals surface area contributed by atoms with Gasteiger partial charge in [0.15, 0.2) is 11.5 Å². The Morgan fingerprint density at radius 1 is 1.16 bits per heavy atom. The lowest BCUT2D eigenvalue weighted by Crippen LogP contribution is -2.23. The minimum atomic E-state index is -0.397. The molecule has 0 aliphatic carbocycles. The summed E-state index contributed by atoms with van der Waals surface area (Å²) in [4.78, 5) is 25.9. The van der Waals surface area contributed by atoms with Crippen LogP contribution in [0.15, 0.2) is 57.7 Å². The van der Waals surface area contributed by atoms with E-state index in [0.717, 1.165) is 12.1 Å². The Hall–Kier alpha value is -3.35. The Morgan fingerprint density at radius 3 is 2.84 bits per heavy atom. The van der Waals surface area contributed by atoms with Crippen molar-refractivity contribution in [1.82, 2.24) is 5.16 Å². The van der Waals surface area contributed by atoms with E-state index in [4.69, 9.17) is 8.94 Å². The first-order valence-corrected chi connectivity index (χ1v) is 7.93. The third-order valence-corrected chi connectivity index (χ3v) is 4.00. The van der Waals surface area contributed by atoms with Gasteiger partial charge in [-0.25, -0.2) is 0 Å². The van der Waals surface area contributed by atoms with Gasteiger partial charge in [-0.15, -0.1) is 0 Å². The topological polar surface area (TPSA) is 88.6 Å². The highest BCUT2D eigenvalue weighted by Crippen LogP contribution is 2.25. The fraction of sp³-hybridized carbons (Fsp3) is 0.167. The second kappa shape index (κ2) is 6.27. The number of anilines is 2. The minimum absolute atomic E-state index is 0.100. The molecule has 1 aliphatic rings. The number of nitrogens with zero attached hydrogens (tertiary/aromatic N) is 2. The molecular formula is C18H15N3O4. The van der Waals surface area contributed by atoms with Crippen LogP contribution in [0.2, 0.25) is 0 Å². The van der Waals surface area contributed by atoms with Crippen molar-refractivity contribution in [2.24, 2.45) is 0 Å². The number of rotatable bonds is 4. The van der Waals surface area contributed by atoms with Crippen molar-refractivity contribution < 1.29 is 18.5 Å². The lowest BCUT2D eigenvalue weighted by molar-refractivity contribution is -0.117. The number of aromatic nitrogens is 1. The van der Waals surface area contributed by atoms with E-state index >= 15 is 0 Å². The molecular weight excluding hydrogens is 322 g/mol. The lowest BCUT2D eigenvalue weighted by atomic mass is 10.2. The molecule has 3 heterocycles. The molecule has 0 radical (unpaired) electrons. The third kappa shape index (κ3) is 3.03. The smallest absolute Gasteiger partial charge is 0.277 e. The summed E-state index contributed by atoms with van der Waals surface area (Å²) >= 11 is 0. The highest BCUT2D eigenvalue weighted by atomic mass is 16.5. The van der Waals surface area contributed by atoms with Crippen LogP contribution in [-0.2, 0) is 4.79 Å². The molecule has 2 aromatic heterocycles. The van der Waals surface area contributed by atoms with Crippen LogP contribution in [0.5, 0.6) is 0 Å². The maximum absolute atomic E-state index is 12.3. The quantitative estimate of drug-likeness (QED) is 0.789. The van der Waals surface area contributed by atoms with Crippen LogP contribution >= 0.6 is 0 Å². The number of nitrogens with one attached hydrogen (secondary N) is 1. The highest BCUT2D eigenvalue weighted by Gasteiger charge is 2.22. The van der Waals surface area contributed by atoms with Gasteiger partial charge in [0, 0.05) is 30.4 Å². The molecule has 1 fully saturated rings. The fourth-order valence-electron chi connectivity index (χ4n) is 2.78. The van der Waals surface area contributed by atoms with E-state index in [-0.39, 0.29) is 11.6 Å². The SMILES string of the molecule is O=C(Nc1cccc(N2CCCC2=O)c1)c1cc(-c2ccco2)on1. The Balaban J connectivity index is 1.50. The molecule has 1 aliphatic heterocycles. The summed E-state index contributed by atoms with van der Waals surface area (Å²) in [5, 5.41) is 6.53. The first-order valence-electron chi connectivity index (χ1n) is 7.93. The number of furan rings is 1. The summed E-state index contributed by atoms with van der Waals surface area (Å²) in [6, 6.07) is 12.1. The van der Waals surface area contributed by atoms with Crippen molar-refractivity contribution >= 4 is 23.2 Å². The molecule has 1 N–H and O–H groups in total. The van der Waals surface area contributed by atoms with Crippen molar-refractivity contribution in [2.45, 2.75) is 12.8 Å². The molecule has 25 heavy (non-hydrogen) atoms. The van der Waals surface area contributed by atoms with E-state index in [0.29, 0.717) is 30.2 Å². The molecule has 126 valence electrons. The molecule has 0 spiro atoms. The minimum Gasteiger partial charge on any atom is -0.461 e. The van der Waals surface area contributed by atoms with Gasteiger partial charge < -0.3 is 19.2 Å². The summed E-state index contributed by atoms with van der Waals surface area (Å²) in [7, 11) is 0. The van der Waals surface area contributed by atoms with Gasteiger partial charge in [0.25, 0.3) is 5.91 Å². The number of carbonyl (C=O) groups excluding carboxylic acids is 2. The van der Waals surface area contributed by atoms with Crippen LogP contribution in [0.25, 0.3) is 11.5 Å². The number of amides is 2. The molecule has 7 nitrogen and oxygen atoms in total. The van der Waals surface area contributed by atoms with E-state index < -0.39 is 5.91 Å². The van der Waals surface area contributed by atoms with Crippen LogP contribution in [0.4, 0.5) is 11.4 Å². The van der Waals surface area contributed by atoms with E-state index in [9.17, 15) is 9.59 Å². The largest absolute Gasteiger partial charge is 0.461 e. The Morgan fingerprint density at radius 2 is 2.08 bits per heavy atom. The Labute approximate surface area is 143 Å². The van der Waals surface area contributed by atoms with Crippen LogP contribution < -0.4 is 10.2 Å². The zero-order valence-electron chi connectivity index (χ0n) is 13.3. The molecule has 0 unspecified atom stereocenters. The first kappa shape index (κ1) is 15.2. The summed E-state index contributed by atoms with van der Waals surface area (Å²) in [6.07, 6.45) is 2.93. The molecule has 7 heteroatoms. The van der Waals surface area contributed by atoms with Crippen molar-refractivity contribution in [3.8, 4) is 11.5 Å². The van der Waals surface area contributed by atoms with Gasteiger partial charge in [-0.2, -0.15) is 0 Å². The summed E-state index contributed by atoms with van der Waals surface area (Å²) in [5.74, 6) is 0.585. The standard InChI is InChI=1S/C18H15N3O4/c22-17-7-2-8-21(17)13-5-1-4-12(10-13)19-18(23)14-11-16(25-20-14)15-6-3-9-24-15/h1,3-6,9-11H,2,7-8H2,(H,19,23). The normalized spacial score (nSPS) is 14.1. The number of benzene rings is 1. The van der Waals surface area contributed by atoms with Crippen molar-refractivity contribution in [1.29, 1.82) is 0 Å². The average molecular weight is 337 g/mol. The van der Waals surface area contributed by atoms with Gasteiger partial charge in [-0.1, -0.05) is 11.2 Å². The van der Waals surface area contributed by atoms with Gasteiger partial charge >= 0.3 is 0 Å². The van der Waals surface area contributed by atoms with Gasteiger partial charge in [0.05, 0.1) is 6.26 Å². The van der Waals surface area contributed by atoms with E-state index in [1.807, 2.05) is 6.07 Å². The first-order chi connectivity index (χ1) is 12.2. The second-order valence-electron chi connectivity index (χ2n) is 5.71. The lowest BCUT2D eigenvalue weighted by Gasteiger charge is -2.16. The maximum Gasteiger partial charge on any atom is 0.277 e. The zero-order valence-corrected chi connectivity index (χ0v) is 13.3. The summed E-state index contributed by atoms with van der Waals surface area (Å²) < 4.78 is 10.3. The van der Waals surface area contributed by atoms with Crippen LogP contribution in [0.1, 0.15) is 23.3 Å². The second-order valence-corrected chi connectivity index (χ2v) is 5.71. The van der Waals surface area contributed by atoms with Gasteiger partial charge in [0.2, 0.25) is 11.7 Å². The average Bonchev–Trinajstić information content (AvgIpc) is 3.36. The zero-order chi connectivity index (χ0) is 17.2. The molecule has 1 aromatic carbocycles. The fourth-order valence-corrected chi connectivity index (χ4v) is 2.78. The number of hydrogen-bond acceptors (Lipinski definition) is 5. The molecule has 3 aromatic rings. The predicted octanol–water partition coefficient (Wildman–Crippen LogP) is 3.31. The Bertz CT molecular complexity index is 914. The number of hydrogen-bond donors (Lipinski definition) is 1. The van der Waals surface area contributed by atoms with Crippen LogP contribution in [0, 0.1) is 0 Å². The van der Waals surface area contributed by atoms with Crippen molar-refractivity contribution in [2.75, 3.05) is 16.8 Å². The molecule has 1 saturated heterocycles. The van der Waals surface area contributed by atoms with E-state index in [1.54, 1.807) is 35.2 Å². The van der Waals surface area contributed by atoms with Crippen molar-refractivity contribution in [3.63, 3.8) is 0 Å². The Kier molecular flexibility index (Phi) is 3.81. The monoisotopic (exact) mass is 337 g/mol. The summed E-state index contributed by atoms with van der Waals surface area (Å²) in [6.45, 7) is 0.700.